The second kappa shape index (κ2) is 6.88. The van der Waals surface area contributed by atoms with Crippen LogP contribution in [0.4, 0.5) is 10.3 Å². The first-order chi connectivity index (χ1) is 13.7. The van der Waals surface area contributed by atoms with Gasteiger partial charge in [-0.15, -0.1) is 0 Å². The number of aromatic nitrogens is 4. The zero-order chi connectivity index (χ0) is 21.0. The Morgan fingerprint density at radius 1 is 1.10 bits per heavy atom. The largest absolute Gasteiger partial charge is 0.332 e. The third-order valence-electron chi connectivity index (χ3n) is 5.48. The van der Waals surface area contributed by atoms with Gasteiger partial charge in [0.1, 0.15) is 5.82 Å². The van der Waals surface area contributed by atoms with Gasteiger partial charge in [-0.1, -0.05) is 29.8 Å². The van der Waals surface area contributed by atoms with Crippen LogP contribution < -0.4 is 16.1 Å². The highest BCUT2D eigenvalue weighted by Crippen LogP contribution is 2.30. The van der Waals surface area contributed by atoms with Crippen LogP contribution in [0.2, 0.25) is 5.02 Å². The summed E-state index contributed by atoms with van der Waals surface area (Å²) >= 11 is 6.26. The van der Waals surface area contributed by atoms with Crippen molar-refractivity contribution in [3.63, 3.8) is 0 Å². The van der Waals surface area contributed by atoms with Crippen molar-refractivity contribution in [2.45, 2.75) is 32.5 Å². The molecule has 0 spiro atoms. The van der Waals surface area contributed by atoms with Gasteiger partial charge in [0.25, 0.3) is 5.56 Å². The van der Waals surface area contributed by atoms with E-state index in [9.17, 15) is 14.0 Å². The topological polar surface area (TPSA) is 65.1 Å². The van der Waals surface area contributed by atoms with E-state index in [1.165, 1.54) is 23.7 Å². The monoisotopic (exact) mass is 417 g/mol. The van der Waals surface area contributed by atoms with Gasteiger partial charge in [0, 0.05) is 36.8 Å². The summed E-state index contributed by atoms with van der Waals surface area (Å²) in [4.78, 5) is 32.1. The van der Waals surface area contributed by atoms with Crippen LogP contribution in [0, 0.1) is 5.82 Å². The minimum atomic E-state index is -0.484. The van der Waals surface area contributed by atoms with Crippen molar-refractivity contribution >= 4 is 28.7 Å². The quantitative estimate of drug-likeness (QED) is 0.614. The lowest BCUT2D eigenvalue weighted by molar-refractivity contribution is 0.596. The summed E-state index contributed by atoms with van der Waals surface area (Å²) in [5, 5.41) is 0.264. The number of fused-ring (bicyclic) bond motifs is 1. The van der Waals surface area contributed by atoms with Gasteiger partial charge in [-0.2, -0.15) is 4.98 Å². The van der Waals surface area contributed by atoms with Crippen LogP contribution in [0.5, 0.6) is 0 Å². The highest BCUT2D eigenvalue weighted by atomic mass is 35.5. The average molecular weight is 418 g/mol. The van der Waals surface area contributed by atoms with E-state index in [0.717, 1.165) is 4.57 Å². The van der Waals surface area contributed by atoms with Crippen LogP contribution in [0.25, 0.3) is 11.2 Å². The molecule has 0 saturated carbocycles. The summed E-state index contributed by atoms with van der Waals surface area (Å²) in [6.07, 6.45) is 4.09. The van der Waals surface area contributed by atoms with Crippen molar-refractivity contribution in [3.8, 4) is 0 Å². The van der Waals surface area contributed by atoms with E-state index in [2.05, 4.69) is 4.98 Å². The standard InChI is InChI=1S/C20H21ClFN5O2/c1-11-8-9-12(2)27(11)19-23-17-16(18(28)25(4)20(29)24(17)3)26(19)10-13-14(21)6-5-7-15(13)22/h5-9,11-12H,10H2,1-4H3. The molecule has 2 aromatic heterocycles. The Hall–Kier alpha value is -2.87. The molecular formula is C20H21ClFN5O2. The first-order valence-electron chi connectivity index (χ1n) is 9.28. The van der Waals surface area contributed by atoms with Gasteiger partial charge in [0.15, 0.2) is 11.2 Å². The van der Waals surface area contributed by atoms with Crippen molar-refractivity contribution in [1.29, 1.82) is 0 Å². The molecular weight excluding hydrogens is 397 g/mol. The molecule has 0 bridgehead atoms. The first-order valence-corrected chi connectivity index (χ1v) is 9.66. The van der Waals surface area contributed by atoms with Crippen LogP contribution in [-0.2, 0) is 20.6 Å². The lowest BCUT2D eigenvalue weighted by Crippen LogP contribution is -2.38. The van der Waals surface area contributed by atoms with Crippen LogP contribution in [0.15, 0.2) is 39.9 Å². The van der Waals surface area contributed by atoms with Gasteiger partial charge in [-0.25, -0.2) is 9.18 Å². The van der Waals surface area contributed by atoms with Gasteiger partial charge in [-0.3, -0.25) is 18.5 Å². The lowest BCUT2D eigenvalue weighted by atomic mass is 10.2. The molecule has 0 N–H and O–H groups in total. The maximum absolute atomic E-state index is 14.5. The van der Waals surface area contributed by atoms with E-state index in [1.807, 2.05) is 30.9 Å². The fraction of sp³-hybridized carbons (Fsp3) is 0.350. The van der Waals surface area contributed by atoms with Crippen LogP contribution in [0.3, 0.4) is 0 Å². The summed E-state index contributed by atoms with van der Waals surface area (Å²) < 4.78 is 18.6. The molecule has 1 aromatic carbocycles. The molecule has 0 radical (unpaired) electrons. The minimum absolute atomic E-state index is 0.0146. The molecule has 4 rings (SSSR count). The van der Waals surface area contributed by atoms with Crippen molar-refractivity contribution in [3.05, 3.63) is 67.6 Å². The summed E-state index contributed by atoms with van der Waals surface area (Å²) in [5.41, 5.74) is -0.204. The first kappa shape index (κ1) is 19.4. The second-order valence-electron chi connectivity index (χ2n) is 7.35. The van der Waals surface area contributed by atoms with Crippen molar-refractivity contribution < 1.29 is 4.39 Å². The van der Waals surface area contributed by atoms with Gasteiger partial charge in [-0.05, 0) is 26.0 Å². The van der Waals surface area contributed by atoms with E-state index in [1.54, 1.807) is 17.7 Å². The zero-order valence-electron chi connectivity index (χ0n) is 16.6. The third-order valence-corrected chi connectivity index (χ3v) is 5.84. The minimum Gasteiger partial charge on any atom is -0.330 e. The lowest BCUT2D eigenvalue weighted by Gasteiger charge is -2.28. The average Bonchev–Trinajstić information content (AvgIpc) is 3.21. The second-order valence-corrected chi connectivity index (χ2v) is 7.76. The Kier molecular flexibility index (Phi) is 4.61. The Morgan fingerprint density at radius 2 is 1.76 bits per heavy atom. The van der Waals surface area contributed by atoms with Gasteiger partial charge < -0.3 is 4.90 Å². The molecule has 0 amide bonds. The highest BCUT2D eigenvalue weighted by molar-refractivity contribution is 6.31. The molecule has 2 unspecified atom stereocenters. The van der Waals surface area contributed by atoms with E-state index in [0.29, 0.717) is 5.95 Å². The van der Waals surface area contributed by atoms with Crippen molar-refractivity contribution in [1.82, 2.24) is 18.7 Å². The molecule has 3 heterocycles. The molecule has 3 aromatic rings. The Balaban J connectivity index is 2.06. The molecule has 9 heteroatoms. The number of nitrogens with zero attached hydrogens (tertiary/aromatic N) is 5. The Labute approximate surface area is 171 Å². The Morgan fingerprint density at radius 3 is 2.38 bits per heavy atom. The predicted molar refractivity (Wildman–Crippen MR) is 111 cm³/mol. The molecule has 0 saturated heterocycles. The van der Waals surface area contributed by atoms with Crippen molar-refractivity contribution in [2.75, 3.05) is 4.90 Å². The van der Waals surface area contributed by atoms with E-state index in [4.69, 9.17) is 11.6 Å². The summed E-state index contributed by atoms with van der Waals surface area (Å²) in [6.45, 7) is 4.04. The van der Waals surface area contributed by atoms with Crippen LogP contribution in [-0.4, -0.2) is 30.8 Å². The molecule has 7 nitrogen and oxygen atoms in total. The van der Waals surface area contributed by atoms with E-state index >= 15 is 0 Å². The number of hydrogen-bond acceptors (Lipinski definition) is 4. The van der Waals surface area contributed by atoms with Gasteiger partial charge >= 0.3 is 5.69 Å². The molecule has 29 heavy (non-hydrogen) atoms. The van der Waals surface area contributed by atoms with Gasteiger partial charge in [0.05, 0.1) is 6.54 Å². The summed E-state index contributed by atoms with van der Waals surface area (Å²) in [6, 6.07) is 4.52. The number of rotatable bonds is 3. The molecule has 1 aliphatic heterocycles. The third kappa shape index (κ3) is 2.90. The number of hydrogen-bond donors (Lipinski definition) is 0. The number of halogens is 2. The number of anilines is 1. The SMILES string of the molecule is CC1C=CC(C)N1c1nc2c(c(=O)n(C)c(=O)n2C)n1Cc1c(F)cccc1Cl. The highest BCUT2D eigenvalue weighted by Gasteiger charge is 2.30. The normalized spacial score (nSPS) is 18.9. The number of benzene rings is 1. The predicted octanol–water partition coefficient (Wildman–Crippen LogP) is 2.43. The van der Waals surface area contributed by atoms with Crippen LogP contribution >= 0.6 is 11.6 Å². The fourth-order valence-corrected chi connectivity index (χ4v) is 4.09. The van der Waals surface area contributed by atoms with E-state index < -0.39 is 17.1 Å². The smallest absolute Gasteiger partial charge is 0.330 e. The molecule has 152 valence electrons. The van der Waals surface area contributed by atoms with Crippen molar-refractivity contribution in [2.24, 2.45) is 14.1 Å². The van der Waals surface area contributed by atoms with Gasteiger partial charge in [0.2, 0.25) is 5.95 Å². The number of aryl methyl sites for hydroxylation is 1. The zero-order valence-corrected chi connectivity index (χ0v) is 17.3. The maximum Gasteiger partial charge on any atom is 0.332 e. The molecule has 1 aliphatic rings. The Bertz CT molecular complexity index is 1240. The summed E-state index contributed by atoms with van der Waals surface area (Å²) in [5.74, 6) is 0.0233. The summed E-state index contributed by atoms with van der Waals surface area (Å²) in [7, 11) is 2.98. The number of imidazole rings is 1. The van der Waals surface area contributed by atoms with E-state index in [-0.39, 0.29) is 40.4 Å². The molecule has 2 atom stereocenters. The fourth-order valence-electron chi connectivity index (χ4n) is 3.87. The molecule has 0 fully saturated rings. The van der Waals surface area contributed by atoms with Crippen LogP contribution in [0.1, 0.15) is 19.4 Å². The maximum atomic E-state index is 14.5. The molecule has 0 aliphatic carbocycles.